The van der Waals surface area contributed by atoms with E-state index in [4.69, 9.17) is 0 Å². The summed E-state index contributed by atoms with van der Waals surface area (Å²) in [7, 11) is 0. The van der Waals surface area contributed by atoms with Crippen LogP contribution in [0.4, 0.5) is 17.1 Å². The second-order valence-corrected chi connectivity index (χ2v) is 14.5. The summed E-state index contributed by atoms with van der Waals surface area (Å²) >= 11 is 0. The van der Waals surface area contributed by atoms with Crippen LogP contribution in [0.15, 0.2) is 188 Å². The summed E-state index contributed by atoms with van der Waals surface area (Å²) in [6.07, 6.45) is 0. The van der Waals surface area contributed by atoms with E-state index >= 15 is 0 Å². The Balaban J connectivity index is 1.19. The molecule has 0 saturated heterocycles. The average molecular weight is 671 g/mol. The number of hydrogen-bond donors (Lipinski definition) is 0. The molecule has 2 nitrogen and oxygen atoms in total. The molecular formula is C50H31BN2. The van der Waals surface area contributed by atoms with Crippen molar-refractivity contribution in [3.63, 3.8) is 0 Å². The second kappa shape index (κ2) is 10.8. The summed E-state index contributed by atoms with van der Waals surface area (Å²) in [6, 6.07) is 69.8. The molecule has 0 spiro atoms. The average Bonchev–Trinajstić information content (AvgIpc) is 3.56. The molecule has 0 saturated carbocycles. The van der Waals surface area contributed by atoms with Crippen molar-refractivity contribution in [1.82, 2.24) is 4.57 Å². The summed E-state index contributed by atoms with van der Waals surface area (Å²) in [5.41, 5.74) is 16.4. The molecule has 0 fully saturated rings. The smallest absolute Gasteiger partial charge is 0.252 e. The Morgan fingerprint density at radius 2 is 0.943 bits per heavy atom. The van der Waals surface area contributed by atoms with E-state index in [1.54, 1.807) is 0 Å². The van der Waals surface area contributed by atoms with E-state index < -0.39 is 0 Å². The lowest BCUT2D eigenvalue weighted by molar-refractivity contribution is 1.18. The third-order valence-corrected chi connectivity index (χ3v) is 11.7. The first-order valence-corrected chi connectivity index (χ1v) is 18.5. The van der Waals surface area contributed by atoms with Crippen molar-refractivity contribution < 1.29 is 0 Å². The van der Waals surface area contributed by atoms with Gasteiger partial charge in [-0.05, 0) is 121 Å². The van der Waals surface area contributed by atoms with Crippen molar-refractivity contribution in [3.8, 4) is 27.9 Å². The largest absolute Gasteiger partial charge is 0.311 e. The lowest BCUT2D eigenvalue weighted by Gasteiger charge is -2.40. The van der Waals surface area contributed by atoms with E-state index in [1.807, 2.05) is 0 Å². The fourth-order valence-electron chi connectivity index (χ4n) is 9.36. The Morgan fingerprint density at radius 3 is 1.72 bits per heavy atom. The third kappa shape index (κ3) is 4.11. The van der Waals surface area contributed by atoms with Crippen LogP contribution in [0.1, 0.15) is 0 Å². The molecule has 1 aromatic heterocycles. The number of para-hydroxylation sites is 2. The molecule has 0 unspecified atom stereocenters. The predicted molar refractivity (Wildman–Crippen MR) is 226 cm³/mol. The Morgan fingerprint density at radius 1 is 0.358 bits per heavy atom. The molecule has 9 aromatic carbocycles. The maximum absolute atomic E-state index is 2.56. The van der Waals surface area contributed by atoms with E-state index in [2.05, 4.69) is 198 Å². The zero-order valence-corrected chi connectivity index (χ0v) is 28.9. The summed E-state index contributed by atoms with van der Waals surface area (Å²) in [5.74, 6) is 0. The molecule has 12 rings (SSSR count). The first kappa shape index (κ1) is 28.8. The highest BCUT2D eigenvalue weighted by atomic mass is 15.2. The molecule has 10 aromatic rings. The molecule has 0 amide bonds. The van der Waals surface area contributed by atoms with Crippen LogP contribution in [0.5, 0.6) is 0 Å². The van der Waals surface area contributed by atoms with Gasteiger partial charge in [0.25, 0.3) is 6.71 Å². The van der Waals surface area contributed by atoms with Crippen LogP contribution in [0, 0.1) is 0 Å². The van der Waals surface area contributed by atoms with Gasteiger partial charge in [-0.3, -0.25) is 0 Å². The Kier molecular flexibility index (Phi) is 5.89. The van der Waals surface area contributed by atoms with Gasteiger partial charge < -0.3 is 9.47 Å². The van der Waals surface area contributed by atoms with Crippen molar-refractivity contribution in [2.75, 3.05) is 4.90 Å². The number of hydrogen-bond acceptors (Lipinski definition) is 1. The minimum atomic E-state index is 0.0806. The predicted octanol–water partition coefficient (Wildman–Crippen LogP) is 11.0. The highest BCUT2D eigenvalue weighted by Crippen LogP contribution is 2.43. The minimum absolute atomic E-state index is 0.0806. The number of rotatable bonds is 3. The first-order chi connectivity index (χ1) is 26.3. The summed E-state index contributed by atoms with van der Waals surface area (Å²) in [4.78, 5) is 2.46. The van der Waals surface area contributed by atoms with Crippen molar-refractivity contribution in [1.29, 1.82) is 0 Å². The van der Waals surface area contributed by atoms with Crippen LogP contribution in [0.25, 0.3) is 71.3 Å². The van der Waals surface area contributed by atoms with Crippen molar-refractivity contribution in [2.24, 2.45) is 0 Å². The van der Waals surface area contributed by atoms with Crippen molar-refractivity contribution >= 4 is 83.5 Å². The monoisotopic (exact) mass is 670 g/mol. The normalized spacial score (nSPS) is 12.8. The number of anilines is 3. The lowest BCUT2D eigenvalue weighted by Crippen LogP contribution is -2.60. The van der Waals surface area contributed by atoms with E-state index in [0.717, 1.165) is 0 Å². The van der Waals surface area contributed by atoms with Gasteiger partial charge in [0.2, 0.25) is 0 Å². The molecule has 2 aliphatic heterocycles. The Labute approximate surface area is 307 Å². The SMILES string of the molecule is c1ccc(N2c3ccccc3B3c4c2cccc4-n2c4ccc(-c5ccc6ccccc6c5)cc4c4cc(-c5ccc6ccccc6c5)cc3c42)cc1. The molecule has 2 aliphatic rings. The highest BCUT2D eigenvalue weighted by Gasteiger charge is 2.42. The standard InChI is InChI=1S/C50H31BN2/c1-2-15-40(16-3-1)52-46-18-9-8-17-43(46)51-44-31-39(37-24-22-33-12-5-7-14-35(33)28-37)30-42-41-29-38(36-23-21-32-11-4-6-13-34(32)27-36)25-26-45(41)53(50(42)44)48-20-10-19-47(52)49(48)51/h1-31H. The highest BCUT2D eigenvalue weighted by molar-refractivity contribution is 7.00. The number of fused-ring (bicyclic) bond motifs is 9. The van der Waals surface area contributed by atoms with Gasteiger partial charge in [0.1, 0.15) is 0 Å². The van der Waals surface area contributed by atoms with E-state index in [1.165, 1.54) is 105 Å². The zero-order chi connectivity index (χ0) is 34.6. The minimum Gasteiger partial charge on any atom is -0.311 e. The zero-order valence-electron chi connectivity index (χ0n) is 28.9. The van der Waals surface area contributed by atoms with E-state index in [0.29, 0.717) is 0 Å². The summed E-state index contributed by atoms with van der Waals surface area (Å²) in [5, 5.41) is 7.61. The number of nitrogens with zero attached hydrogens (tertiary/aromatic N) is 2. The van der Waals surface area contributed by atoms with Crippen LogP contribution in [0.2, 0.25) is 0 Å². The van der Waals surface area contributed by atoms with Gasteiger partial charge in [0.05, 0.1) is 5.52 Å². The van der Waals surface area contributed by atoms with Crippen molar-refractivity contribution in [3.05, 3.63) is 188 Å². The van der Waals surface area contributed by atoms with Crippen molar-refractivity contribution in [2.45, 2.75) is 0 Å². The van der Waals surface area contributed by atoms with Gasteiger partial charge in [-0.2, -0.15) is 0 Å². The molecule has 3 heterocycles. The molecule has 53 heavy (non-hydrogen) atoms. The maximum atomic E-state index is 2.56. The van der Waals surface area contributed by atoms with Crippen LogP contribution < -0.4 is 21.3 Å². The van der Waals surface area contributed by atoms with E-state index in [-0.39, 0.29) is 6.71 Å². The fraction of sp³-hybridized carbons (Fsp3) is 0. The maximum Gasteiger partial charge on any atom is 0.252 e. The van der Waals surface area contributed by atoms with Gasteiger partial charge in [-0.1, -0.05) is 127 Å². The molecule has 0 N–H and O–H groups in total. The van der Waals surface area contributed by atoms with Crippen LogP contribution >= 0.6 is 0 Å². The van der Waals surface area contributed by atoms with E-state index in [9.17, 15) is 0 Å². The number of benzene rings is 9. The first-order valence-electron chi connectivity index (χ1n) is 18.5. The molecule has 0 atom stereocenters. The topological polar surface area (TPSA) is 8.17 Å². The summed E-state index contributed by atoms with van der Waals surface area (Å²) < 4.78 is 2.56. The van der Waals surface area contributed by atoms with Crippen LogP contribution in [-0.2, 0) is 0 Å². The molecule has 3 heteroatoms. The van der Waals surface area contributed by atoms with Gasteiger partial charge in [0, 0.05) is 39.0 Å². The Bertz CT molecular complexity index is 3140. The molecule has 0 radical (unpaired) electrons. The van der Waals surface area contributed by atoms with Gasteiger partial charge in [-0.15, -0.1) is 0 Å². The quantitative estimate of drug-likeness (QED) is 0.170. The molecule has 244 valence electrons. The van der Waals surface area contributed by atoms with Gasteiger partial charge in [0.15, 0.2) is 0 Å². The molecule has 0 aliphatic carbocycles. The molecular weight excluding hydrogens is 639 g/mol. The number of aromatic nitrogens is 1. The van der Waals surface area contributed by atoms with Gasteiger partial charge in [-0.25, -0.2) is 0 Å². The third-order valence-electron chi connectivity index (χ3n) is 11.7. The molecule has 0 bridgehead atoms. The van der Waals surface area contributed by atoms with Crippen LogP contribution in [0.3, 0.4) is 0 Å². The van der Waals surface area contributed by atoms with Gasteiger partial charge >= 0.3 is 0 Å². The summed E-state index contributed by atoms with van der Waals surface area (Å²) in [6.45, 7) is 0.0806. The van der Waals surface area contributed by atoms with Crippen LogP contribution in [-0.4, -0.2) is 11.3 Å². The second-order valence-electron chi connectivity index (χ2n) is 14.5. The Hall–Kier alpha value is -6.84. The lowest BCUT2D eigenvalue weighted by atomic mass is 9.33. The fourth-order valence-corrected chi connectivity index (χ4v) is 9.36.